The van der Waals surface area contributed by atoms with E-state index in [1.54, 1.807) is 9.80 Å². The van der Waals surface area contributed by atoms with Gasteiger partial charge in [0, 0.05) is 18.0 Å². The zero-order chi connectivity index (χ0) is 15.0. The number of rotatable bonds is 3. The van der Waals surface area contributed by atoms with Gasteiger partial charge in [-0.1, -0.05) is 11.6 Å². The number of amides is 2. The highest BCUT2D eigenvalue weighted by molar-refractivity contribution is 7.16. The molecular weight excluding hydrogens is 308 g/mol. The number of hydrogen-bond donors (Lipinski definition) is 0. The molecule has 2 amide bonds. The van der Waals surface area contributed by atoms with Crippen LogP contribution in [0.3, 0.4) is 0 Å². The molecule has 2 atom stereocenters. The van der Waals surface area contributed by atoms with Gasteiger partial charge < -0.3 is 9.80 Å². The lowest BCUT2D eigenvalue weighted by atomic mass is 9.95. The summed E-state index contributed by atoms with van der Waals surface area (Å²) in [5.41, 5.74) is 0. The quantitative estimate of drug-likeness (QED) is 0.856. The molecule has 0 N–H and O–H groups in total. The van der Waals surface area contributed by atoms with E-state index in [0.717, 1.165) is 41.4 Å². The van der Waals surface area contributed by atoms with Crippen LogP contribution < -0.4 is 0 Å². The number of nitrogens with zero attached hydrogens (tertiary/aromatic N) is 2. The molecule has 3 heterocycles. The topological polar surface area (TPSA) is 40.6 Å². The summed E-state index contributed by atoms with van der Waals surface area (Å²) in [5.74, 6) is 0.216. The van der Waals surface area contributed by atoms with Gasteiger partial charge in [0.25, 0.3) is 0 Å². The first-order valence-electron chi connectivity index (χ1n) is 7.43. The molecular formula is C15H19ClN2O2S. The lowest BCUT2D eigenvalue weighted by Crippen LogP contribution is -2.65. The van der Waals surface area contributed by atoms with Gasteiger partial charge in [-0.25, -0.2) is 0 Å². The molecule has 0 bridgehead atoms. The van der Waals surface area contributed by atoms with Gasteiger partial charge >= 0.3 is 0 Å². The van der Waals surface area contributed by atoms with E-state index >= 15 is 0 Å². The number of carbonyl (C=O) groups excluding carboxylic acids is 2. The average molecular weight is 327 g/mol. The van der Waals surface area contributed by atoms with Crippen LogP contribution in [0.1, 0.15) is 31.1 Å². The normalized spacial score (nSPS) is 26.2. The van der Waals surface area contributed by atoms with Gasteiger partial charge in [-0.15, -0.1) is 11.3 Å². The van der Waals surface area contributed by atoms with Crippen molar-refractivity contribution in [2.75, 3.05) is 13.1 Å². The van der Waals surface area contributed by atoms with E-state index in [9.17, 15) is 9.59 Å². The summed E-state index contributed by atoms with van der Waals surface area (Å²) < 4.78 is 0.762. The average Bonchev–Trinajstić information content (AvgIpc) is 2.90. The van der Waals surface area contributed by atoms with Crippen LogP contribution in [-0.2, 0) is 16.0 Å². The zero-order valence-corrected chi connectivity index (χ0v) is 13.6. The minimum Gasteiger partial charge on any atom is -0.329 e. The van der Waals surface area contributed by atoms with Crippen molar-refractivity contribution in [2.45, 2.75) is 44.7 Å². The Balaban J connectivity index is 1.71. The summed E-state index contributed by atoms with van der Waals surface area (Å²) >= 11 is 7.47. The van der Waals surface area contributed by atoms with Gasteiger partial charge in [-0.3, -0.25) is 9.59 Å². The molecule has 0 aliphatic carbocycles. The van der Waals surface area contributed by atoms with E-state index in [1.165, 1.54) is 11.3 Å². The third-order valence-corrected chi connectivity index (χ3v) is 5.70. The van der Waals surface area contributed by atoms with E-state index in [0.29, 0.717) is 6.54 Å². The van der Waals surface area contributed by atoms with Crippen molar-refractivity contribution in [3.05, 3.63) is 21.3 Å². The lowest BCUT2D eigenvalue weighted by Gasteiger charge is -2.46. The van der Waals surface area contributed by atoms with Gasteiger partial charge in [0.1, 0.15) is 12.1 Å². The maximum Gasteiger partial charge on any atom is 0.246 e. The maximum atomic E-state index is 12.7. The predicted octanol–water partition coefficient (Wildman–Crippen LogP) is 2.56. The van der Waals surface area contributed by atoms with Crippen LogP contribution >= 0.6 is 22.9 Å². The van der Waals surface area contributed by atoms with Crippen molar-refractivity contribution in [1.29, 1.82) is 0 Å². The van der Waals surface area contributed by atoms with Crippen LogP contribution in [-0.4, -0.2) is 46.8 Å². The predicted molar refractivity (Wildman–Crippen MR) is 83.6 cm³/mol. The molecule has 2 aliphatic rings. The summed E-state index contributed by atoms with van der Waals surface area (Å²) in [4.78, 5) is 29.8. The van der Waals surface area contributed by atoms with Crippen molar-refractivity contribution in [2.24, 2.45) is 0 Å². The molecule has 114 valence electrons. The molecule has 2 unspecified atom stereocenters. The highest BCUT2D eigenvalue weighted by atomic mass is 35.5. The molecule has 4 nitrogen and oxygen atoms in total. The first-order chi connectivity index (χ1) is 10.1. The Kier molecular flexibility index (Phi) is 4.22. The SMILES string of the molecule is CC1C(=O)N2CCCCC2C(=O)N1CCc1ccc(Cl)s1. The van der Waals surface area contributed by atoms with E-state index in [1.807, 2.05) is 19.1 Å². The molecule has 1 aromatic heterocycles. The van der Waals surface area contributed by atoms with E-state index in [-0.39, 0.29) is 23.9 Å². The summed E-state index contributed by atoms with van der Waals surface area (Å²) in [6.07, 6.45) is 3.60. The maximum absolute atomic E-state index is 12.7. The summed E-state index contributed by atoms with van der Waals surface area (Å²) in [6, 6.07) is 3.29. The lowest BCUT2D eigenvalue weighted by molar-refractivity contribution is -0.162. The highest BCUT2D eigenvalue weighted by Crippen LogP contribution is 2.27. The van der Waals surface area contributed by atoms with Crippen LogP contribution in [0.4, 0.5) is 0 Å². The van der Waals surface area contributed by atoms with Gasteiger partial charge in [0.05, 0.1) is 4.34 Å². The van der Waals surface area contributed by atoms with Crippen molar-refractivity contribution in [1.82, 2.24) is 9.80 Å². The molecule has 0 spiro atoms. The third kappa shape index (κ3) is 2.81. The number of piperidine rings is 1. The minimum absolute atomic E-state index is 0.100. The summed E-state index contributed by atoms with van der Waals surface area (Å²) in [7, 11) is 0. The second kappa shape index (κ2) is 5.97. The van der Waals surface area contributed by atoms with Crippen LogP contribution in [0.2, 0.25) is 4.34 Å². The molecule has 2 saturated heterocycles. The second-order valence-electron chi connectivity index (χ2n) is 5.71. The number of hydrogen-bond acceptors (Lipinski definition) is 3. The van der Waals surface area contributed by atoms with Crippen molar-refractivity contribution in [3.63, 3.8) is 0 Å². The number of carbonyl (C=O) groups is 2. The summed E-state index contributed by atoms with van der Waals surface area (Å²) in [6.45, 7) is 3.16. The van der Waals surface area contributed by atoms with Crippen LogP contribution in [0, 0.1) is 0 Å². The Hall–Kier alpha value is -1.07. The van der Waals surface area contributed by atoms with Gasteiger partial charge in [0.2, 0.25) is 11.8 Å². The minimum atomic E-state index is -0.345. The largest absolute Gasteiger partial charge is 0.329 e. The molecule has 2 aliphatic heterocycles. The van der Waals surface area contributed by atoms with Crippen molar-refractivity contribution in [3.8, 4) is 0 Å². The van der Waals surface area contributed by atoms with Gasteiger partial charge in [-0.2, -0.15) is 0 Å². The Morgan fingerprint density at radius 1 is 1.29 bits per heavy atom. The Bertz CT molecular complexity index is 560. The van der Waals surface area contributed by atoms with E-state index in [2.05, 4.69) is 0 Å². The van der Waals surface area contributed by atoms with Crippen LogP contribution in [0.25, 0.3) is 0 Å². The second-order valence-corrected chi connectivity index (χ2v) is 7.51. The smallest absolute Gasteiger partial charge is 0.246 e. The Labute approximate surface area is 133 Å². The zero-order valence-electron chi connectivity index (χ0n) is 12.0. The van der Waals surface area contributed by atoms with Crippen molar-refractivity contribution >= 4 is 34.8 Å². The molecule has 3 rings (SSSR count). The number of halogens is 1. The Morgan fingerprint density at radius 2 is 2.10 bits per heavy atom. The molecule has 0 radical (unpaired) electrons. The molecule has 0 aromatic carbocycles. The molecule has 2 fully saturated rings. The fourth-order valence-electron chi connectivity index (χ4n) is 3.23. The van der Waals surface area contributed by atoms with E-state index in [4.69, 9.17) is 11.6 Å². The van der Waals surface area contributed by atoms with Gasteiger partial charge in [-0.05, 0) is 44.7 Å². The Morgan fingerprint density at radius 3 is 2.81 bits per heavy atom. The van der Waals surface area contributed by atoms with Gasteiger partial charge in [0.15, 0.2) is 0 Å². The first-order valence-corrected chi connectivity index (χ1v) is 8.62. The fourth-order valence-corrected chi connectivity index (χ4v) is 4.30. The van der Waals surface area contributed by atoms with Crippen LogP contribution in [0.15, 0.2) is 12.1 Å². The summed E-state index contributed by atoms with van der Waals surface area (Å²) in [5, 5.41) is 0. The standard InChI is InChI=1S/C15H19ClN2O2S/c1-10-14(19)18-8-3-2-4-12(18)15(20)17(10)9-7-11-5-6-13(16)21-11/h5-6,10,12H,2-4,7-9H2,1H3. The number of fused-ring (bicyclic) bond motifs is 1. The molecule has 21 heavy (non-hydrogen) atoms. The monoisotopic (exact) mass is 326 g/mol. The highest BCUT2D eigenvalue weighted by Gasteiger charge is 2.44. The third-order valence-electron chi connectivity index (χ3n) is 4.41. The number of thiophene rings is 1. The van der Waals surface area contributed by atoms with Crippen LogP contribution in [0.5, 0.6) is 0 Å². The van der Waals surface area contributed by atoms with Crippen molar-refractivity contribution < 1.29 is 9.59 Å². The van der Waals surface area contributed by atoms with E-state index < -0.39 is 0 Å². The number of piperazine rings is 1. The first kappa shape index (κ1) is 14.9. The molecule has 1 aromatic rings. The molecule has 6 heteroatoms. The fraction of sp³-hybridized carbons (Fsp3) is 0.600. The molecule has 0 saturated carbocycles.